The summed E-state index contributed by atoms with van der Waals surface area (Å²) in [6.45, 7) is 4.11. The quantitative estimate of drug-likeness (QED) is 0.564. The smallest absolute Gasteiger partial charge is 0.335 e. The fourth-order valence-electron chi connectivity index (χ4n) is 3.65. The van der Waals surface area contributed by atoms with E-state index in [1.54, 1.807) is 47.4 Å². The van der Waals surface area contributed by atoms with Crippen LogP contribution in [0.5, 0.6) is 0 Å². The molecule has 0 radical (unpaired) electrons. The summed E-state index contributed by atoms with van der Waals surface area (Å²) in [6, 6.07) is 11.9. The maximum Gasteiger partial charge on any atom is 0.352 e. The molecule has 1 amide bonds. The number of aromatic nitrogens is 3. The topological polar surface area (TPSA) is 80.4 Å². The van der Waals surface area contributed by atoms with E-state index in [1.807, 2.05) is 14.0 Å². The van der Waals surface area contributed by atoms with Crippen molar-refractivity contribution in [3.8, 4) is 5.69 Å². The van der Waals surface area contributed by atoms with Crippen molar-refractivity contribution in [1.82, 2.24) is 24.1 Å². The van der Waals surface area contributed by atoms with E-state index in [0.29, 0.717) is 47.5 Å². The molecule has 33 heavy (non-hydrogen) atoms. The van der Waals surface area contributed by atoms with Gasteiger partial charge in [0.25, 0.3) is 11.5 Å². The molecule has 1 saturated heterocycles. The maximum atomic E-state index is 13.3. The van der Waals surface area contributed by atoms with Crippen molar-refractivity contribution in [1.29, 1.82) is 0 Å². The average Bonchev–Trinajstić information content (AvgIpc) is 2.79. The predicted octanol–water partition coefficient (Wildman–Crippen LogP) is 2.45. The Balaban J connectivity index is 1.86. The van der Waals surface area contributed by atoms with Crippen LogP contribution in [-0.4, -0.2) is 63.3 Å². The second-order valence-electron chi connectivity index (χ2n) is 8.09. The molecule has 172 valence electrons. The van der Waals surface area contributed by atoms with Gasteiger partial charge in [0.1, 0.15) is 0 Å². The maximum absolute atomic E-state index is 13.3. The lowest BCUT2D eigenvalue weighted by Crippen LogP contribution is -2.51. The molecule has 1 aliphatic heterocycles. The molecule has 4 rings (SSSR count). The Morgan fingerprint density at radius 3 is 2.42 bits per heavy atom. The second-order valence-corrected chi connectivity index (χ2v) is 8.94. The van der Waals surface area contributed by atoms with Crippen molar-refractivity contribution < 1.29 is 4.79 Å². The Morgan fingerprint density at radius 2 is 1.76 bits per heavy atom. The number of rotatable bonds is 4. The molecule has 2 heterocycles. The van der Waals surface area contributed by atoms with Crippen LogP contribution in [0.15, 0.2) is 52.1 Å². The molecule has 1 aromatic heterocycles. The number of aryl methyl sites for hydroxylation is 1. The average molecular weight is 488 g/mol. The lowest BCUT2D eigenvalue weighted by molar-refractivity contribution is 0.0652. The van der Waals surface area contributed by atoms with Gasteiger partial charge < -0.3 is 9.80 Å². The van der Waals surface area contributed by atoms with Gasteiger partial charge in [-0.15, -0.1) is 0 Å². The Labute approximate surface area is 200 Å². The van der Waals surface area contributed by atoms with Crippen LogP contribution < -0.4 is 11.2 Å². The van der Waals surface area contributed by atoms with Gasteiger partial charge in [-0.25, -0.2) is 4.79 Å². The molecular formula is C23H23Cl2N5O3. The Hall–Kier alpha value is -2.94. The molecule has 0 bridgehead atoms. The molecule has 0 aliphatic carbocycles. The molecule has 1 fully saturated rings. The fraction of sp³-hybridized carbons (Fsp3) is 0.304. The Morgan fingerprint density at radius 1 is 1.03 bits per heavy atom. The van der Waals surface area contributed by atoms with E-state index < -0.39 is 17.2 Å². The Kier molecular flexibility index (Phi) is 6.69. The summed E-state index contributed by atoms with van der Waals surface area (Å²) < 4.78 is 2.07. The highest BCUT2D eigenvalue weighted by Crippen LogP contribution is 2.18. The minimum Gasteiger partial charge on any atom is -0.335 e. The van der Waals surface area contributed by atoms with Gasteiger partial charge in [0.05, 0.1) is 12.2 Å². The first-order valence-electron chi connectivity index (χ1n) is 10.5. The number of hydrogen-bond donors (Lipinski definition) is 0. The van der Waals surface area contributed by atoms with Crippen LogP contribution in [0.1, 0.15) is 21.6 Å². The molecule has 3 aromatic rings. The summed E-state index contributed by atoms with van der Waals surface area (Å²) in [7, 11) is 1.97. The third kappa shape index (κ3) is 4.88. The van der Waals surface area contributed by atoms with E-state index in [1.165, 1.54) is 0 Å². The fourth-order valence-corrected chi connectivity index (χ4v) is 4.03. The normalized spacial score (nSPS) is 14.5. The number of likely N-dealkylation sites (N-methyl/N-ethyl adjacent to an activating group) is 1. The number of hydrogen-bond acceptors (Lipinski definition) is 5. The molecule has 0 unspecified atom stereocenters. The van der Waals surface area contributed by atoms with Gasteiger partial charge >= 0.3 is 5.69 Å². The Bertz CT molecular complexity index is 1330. The van der Waals surface area contributed by atoms with Gasteiger partial charge in [-0.05, 0) is 49.4 Å². The number of nitrogens with zero attached hydrogens (tertiary/aromatic N) is 5. The monoisotopic (exact) mass is 487 g/mol. The molecule has 0 N–H and O–H groups in total. The van der Waals surface area contributed by atoms with Crippen molar-refractivity contribution in [3.63, 3.8) is 0 Å². The first-order chi connectivity index (χ1) is 15.7. The van der Waals surface area contributed by atoms with Crippen LogP contribution in [-0.2, 0) is 6.54 Å². The van der Waals surface area contributed by atoms with Gasteiger partial charge in [-0.2, -0.15) is 9.78 Å². The van der Waals surface area contributed by atoms with Crippen LogP contribution in [0.3, 0.4) is 0 Å². The predicted molar refractivity (Wildman–Crippen MR) is 128 cm³/mol. The molecular weight excluding hydrogens is 465 g/mol. The van der Waals surface area contributed by atoms with E-state index in [0.717, 1.165) is 14.8 Å². The number of carbonyl (C=O) groups excluding carboxylic acids is 1. The zero-order valence-electron chi connectivity index (χ0n) is 18.3. The van der Waals surface area contributed by atoms with Gasteiger partial charge in [0.2, 0.25) is 5.69 Å². The minimum atomic E-state index is -0.738. The van der Waals surface area contributed by atoms with Crippen molar-refractivity contribution in [3.05, 3.63) is 90.2 Å². The van der Waals surface area contributed by atoms with Gasteiger partial charge in [0, 0.05) is 36.2 Å². The molecule has 1 aliphatic rings. The van der Waals surface area contributed by atoms with Crippen LogP contribution in [0.2, 0.25) is 10.0 Å². The van der Waals surface area contributed by atoms with E-state index in [9.17, 15) is 14.4 Å². The number of amides is 1. The van der Waals surface area contributed by atoms with Crippen LogP contribution in [0.25, 0.3) is 5.69 Å². The standard InChI is InChI=1S/C23H23Cl2N5O3/c1-15-6-7-18(13-19(15)25)30-23(33)29(14-16-4-3-5-17(24)12-16)22(32)20(26-30)21(31)28-10-8-27(2)9-11-28/h3-7,12-13H,8-11,14H2,1-2H3. The highest BCUT2D eigenvalue weighted by atomic mass is 35.5. The SMILES string of the molecule is Cc1ccc(-n2nc(C(=O)N3CCN(C)CC3)c(=O)n(Cc3cccc(Cl)c3)c2=O)cc1Cl. The zero-order valence-corrected chi connectivity index (χ0v) is 19.8. The molecule has 10 heteroatoms. The lowest BCUT2D eigenvalue weighted by atomic mass is 10.2. The first-order valence-corrected chi connectivity index (χ1v) is 11.2. The summed E-state index contributed by atoms with van der Waals surface area (Å²) in [5.41, 5.74) is 0.128. The first kappa shape index (κ1) is 23.2. The van der Waals surface area contributed by atoms with Crippen LogP contribution in [0.4, 0.5) is 0 Å². The third-order valence-corrected chi connectivity index (χ3v) is 6.32. The van der Waals surface area contributed by atoms with E-state index in [2.05, 4.69) is 10.00 Å². The van der Waals surface area contributed by atoms with Crippen molar-refractivity contribution >= 4 is 29.1 Å². The second kappa shape index (κ2) is 9.51. The molecule has 2 aromatic carbocycles. The van der Waals surface area contributed by atoms with E-state index in [-0.39, 0.29) is 12.2 Å². The van der Waals surface area contributed by atoms with Gasteiger partial charge in [-0.1, -0.05) is 41.4 Å². The third-order valence-electron chi connectivity index (χ3n) is 5.68. The highest BCUT2D eigenvalue weighted by Gasteiger charge is 2.27. The summed E-state index contributed by atoms with van der Waals surface area (Å²) in [5.74, 6) is -0.500. The summed E-state index contributed by atoms with van der Waals surface area (Å²) in [6.07, 6.45) is 0. The number of carbonyl (C=O) groups is 1. The highest BCUT2D eigenvalue weighted by molar-refractivity contribution is 6.31. The number of piperazine rings is 1. The zero-order chi connectivity index (χ0) is 23.7. The van der Waals surface area contributed by atoms with Crippen molar-refractivity contribution in [2.24, 2.45) is 0 Å². The van der Waals surface area contributed by atoms with Crippen LogP contribution >= 0.6 is 23.2 Å². The lowest BCUT2D eigenvalue weighted by Gasteiger charge is -2.32. The largest absolute Gasteiger partial charge is 0.352 e. The molecule has 0 saturated carbocycles. The van der Waals surface area contributed by atoms with Crippen molar-refractivity contribution in [2.45, 2.75) is 13.5 Å². The van der Waals surface area contributed by atoms with E-state index in [4.69, 9.17) is 23.2 Å². The summed E-state index contributed by atoms with van der Waals surface area (Å²) >= 11 is 12.3. The van der Waals surface area contributed by atoms with Gasteiger partial charge in [0.15, 0.2) is 0 Å². The van der Waals surface area contributed by atoms with Crippen molar-refractivity contribution in [2.75, 3.05) is 33.2 Å². The summed E-state index contributed by atoms with van der Waals surface area (Å²) in [4.78, 5) is 43.6. The number of benzene rings is 2. The molecule has 0 atom stereocenters. The van der Waals surface area contributed by atoms with E-state index >= 15 is 0 Å². The molecule has 8 nitrogen and oxygen atoms in total. The summed E-state index contributed by atoms with van der Waals surface area (Å²) in [5, 5.41) is 5.13. The minimum absolute atomic E-state index is 0.0522. The van der Waals surface area contributed by atoms with Gasteiger partial charge in [-0.3, -0.25) is 14.2 Å². The molecule has 0 spiro atoms. The number of halogens is 2. The van der Waals surface area contributed by atoms with Crippen LogP contribution in [0, 0.1) is 6.92 Å².